The second-order valence-electron chi connectivity index (χ2n) is 11.4. The van der Waals surface area contributed by atoms with Gasteiger partial charge in [-0.3, -0.25) is 19.3 Å². The first-order chi connectivity index (χ1) is 19.3. The number of thiazole rings is 1. The summed E-state index contributed by atoms with van der Waals surface area (Å²) in [6, 6.07) is 5.41. The molecule has 3 N–H and O–H groups in total. The van der Waals surface area contributed by atoms with Gasteiger partial charge in [0.05, 0.1) is 35.0 Å². The number of rotatable bonds is 12. The third kappa shape index (κ3) is 8.72. The first-order valence-corrected chi connectivity index (χ1v) is 15.7. The molecule has 4 rings (SSSR count). The van der Waals surface area contributed by atoms with Crippen molar-refractivity contribution in [3.05, 3.63) is 28.8 Å². The van der Waals surface area contributed by atoms with Gasteiger partial charge in [0.15, 0.2) is 0 Å². The highest BCUT2D eigenvalue weighted by atomic mass is 32.1. The highest BCUT2D eigenvalue weighted by molar-refractivity contribution is 7.18. The Hall–Kier alpha value is -2.56. The van der Waals surface area contributed by atoms with E-state index in [4.69, 9.17) is 9.72 Å². The third-order valence-electron chi connectivity index (χ3n) is 8.01. The molecule has 1 saturated carbocycles. The van der Waals surface area contributed by atoms with Crippen LogP contribution in [0.15, 0.2) is 18.2 Å². The van der Waals surface area contributed by atoms with E-state index in [1.807, 2.05) is 6.07 Å². The van der Waals surface area contributed by atoms with Crippen molar-refractivity contribution in [2.75, 3.05) is 39.4 Å². The van der Waals surface area contributed by atoms with Crippen LogP contribution in [0.2, 0.25) is 0 Å². The van der Waals surface area contributed by atoms with Gasteiger partial charge in [-0.05, 0) is 42.4 Å². The number of hydrogen-bond donors (Lipinski definition) is 3. The zero-order chi connectivity index (χ0) is 28.5. The summed E-state index contributed by atoms with van der Waals surface area (Å²) in [5.74, 6) is 0.311. The van der Waals surface area contributed by atoms with Gasteiger partial charge < -0.3 is 20.7 Å². The van der Waals surface area contributed by atoms with E-state index in [0.29, 0.717) is 51.0 Å². The zero-order valence-electron chi connectivity index (χ0n) is 24.2. The number of fused-ring (bicyclic) bond motifs is 1. The molecule has 0 radical (unpaired) electrons. The summed E-state index contributed by atoms with van der Waals surface area (Å²) in [6.45, 7) is 9.58. The highest BCUT2D eigenvalue weighted by Gasteiger charge is 2.29. The Morgan fingerprint density at radius 3 is 2.52 bits per heavy atom. The highest BCUT2D eigenvalue weighted by Crippen LogP contribution is 2.28. The van der Waals surface area contributed by atoms with Crippen molar-refractivity contribution in [2.24, 2.45) is 5.92 Å². The Kier molecular flexibility index (Phi) is 11.3. The maximum atomic E-state index is 13.5. The Labute approximate surface area is 241 Å². The number of ether oxygens (including phenoxy) is 1. The molecule has 40 heavy (non-hydrogen) atoms. The normalized spacial score (nSPS) is 18.4. The van der Waals surface area contributed by atoms with Crippen molar-refractivity contribution >= 4 is 39.3 Å². The van der Waals surface area contributed by atoms with Crippen LogP contribution in [0.5, 0.6) is 0 Å². The predicted octanol–water partition coefficient (Wildman–Crippen LogP) is 3.37. The van der Waals surface area contributed by atoms with Crippen LogP contribution in [-0.4, -0.2) is 79.1 Å². The van der Waals surface area contributed by atoms with Crippen molar-refractivity contribution in [1.29, 1.82) is 0 Å². The van der Waals surface area contributed by atoms with E-state index in [1.165, 1.54) is 12.0 Å². The van der Waals surface area contributed by atoms with Gasteiger partial charge in [0, 0.05) is 38.5 Å². The first kappa shape index (κ1) is 30.4. The van der Waals surface area contributed by atoms with Crippen LogP contribution in [0.1, 0.15) is 75.8 Å². The molecule has 3 amide bonds. The van der Waals surface area contributed by atoms with Gasteiger partial charge in [-0.15, -0.1) is 11.3 Å². The third-order valence-corrected chi connectivity index (χ3v) is 9.05. The first-order valence-electron chi connectivity index (χ1n) is 14.9. The van der Waals surface area contributed by atoms with Gasteiger partial charge in [0.1, 0.15) is 6.04 Å². The SMILES string of the molecule is CCC(=O)N[C@@H](Cc1nc2ccc(C(C)C)cc2s1)C(=O)NC[C@@H](NC(=O)CN1CCOCC1)C1CCCCC1. The van der Waals surface area contributed by atoms with Gasteiger partial charge >= 0.3 is 0 Å². The molecule has 0 spiro atoms. The van der Waals surface area contributed by atoms with Gasteiger partial charge in [0.2, 0.25) is 17.7 Å². The minimum absolute atomic E-state index is 0.0159. The fourth-order valence-electron chi connectivity index (χ4n) is 5.54. The molecule has 10 heteroatoms. The molecule has 1 aromatic carbocycles. The number of nitrogens with zero attached hydrogens (tertiary/aromatic N) is 2. The van der Waals surface area contributed by atoms with Crippen LogP contribution in [0.25, 0.3) is 10.2 Å². The Morgan fingerprint density at radius 1 is 1.07 bits per heavy atom. The summed E-state index contributed by atoms with van der Waals surface area (Å²) < 4.78 is 6.49. The number of nitrogens with one attached hydrogen (secondary N) is 3. The summed E-state index contributed by atoms with van der Waals surface area (Å²) in [7, 11) is 0. The molecule has 2 heterocycles. The number of aromatic nitrogens is 1. The molecule has 2 fully saturated rings. The van der Waals surface area contributed by atoms with Crippen molar-refractivity contribution < 1.29 is 19.1 Å². The minimum atomic E-state index is -0.728. The van der Waals surface area contributed by atoms with Crippen molar-refractivity contribution in [3.8, 4) is 0 Å². The van der Waals surface area contributed by atoms with E-state index < -0.39 is 6.04 Å². The van der Waals surface area contributed by atoms with Gasteiger partial charge in [-0.2, -0.15) is 0 Å². The van der Waals surface area contributed by atoms with Crippen LogP contribution in [-0.2, 0) is 25.5 Å². The lowest BCUT2D eigenvalue weighted by molar-refractivity contribution is -0.129. The maximum Gasteiger partial charge on any atom is 0.243 e. The number of carbonyl (C=O) groups is 3. The molecule has 0 unspecified atom stereocenters. The lowest BCUT2D eigenvalue weighted by Gasteiger charge is -2.33. The summed E-state index contributed by atoms with van der Waals surface area (Å²) in [5, 5.41) is 10.0. The van der Waals surface area contributed by atoms with E-state index in [9.17, 15) is 14.4 Å². The Balaban J connectivity index is 1.42. The molecular weight excluding hydrogens is 526 g/mol. The average Bonchev–Trinajstić information content (AvgIpc) is 3.37. The fraction of sp³-hybridized carbons (Fsp3) is 0.667. The predicted molar refractivity (Wildman–Crippen MR) is 158 cm³/mol. The van der Waals surface area contributed by atoms with Crippen molar-refractivity contribution in [1.82, 2.24) is 25.8 Å². The molecule has 2 atom stereocenters. The van der Waals surface area contributed by atoms with E-state index in [-0.39, 0.29) is 23.8 Å². The number of carbonyl (C=O) groups excluding carboxylic acids is 3. The zero-order valence-corrected chi connectivity index (χ0v) is 25.0. The van der Waals surface area contributed by atoms with Crippen LogP contribution < -0.4 is 16.0 Å². The molecule has 1 aromatic heterocycles. The number of benzene rings is 1. The smallest absolute Gasteiger partial charge is 0.243 e. The second-order valence-corrected chi connectivity index (χ2v) is 12.5. The molecule has 1 saturated heterocycles. The van der Waals surface area contributed by atoms with Gasteiger partial charge in [0.25, 0.3) is 0 Å². The number of hydrogen-bond acceptors (Lipinski definition) is 7. The second kappa shape index (κ2) is 14.9. The molecule has 2 aliphatic rings. The van der Waals surface area contributed by atoms with Gasteiger partial charge in [-0.25, -0.2) is 4.98 Å². The number of morpholine rings is 1. The van der Waals surface area contributed by atoms with Crippen LogP contribution in [0, 0.1) is 5.92 Å². The molecule has 1 aliphatic carbocycles. The maximum absolute atomic E-state index is 13.5. The van der Waals surface area contributed by atoms with Crippen molar-refractivity contribution in [3.63, 3.8) is 0 Å². The van der Waals surface area contributed by atoms with E-state index >= 15 is 0 Å². The van der Waals surface area contributed by atoms with Gasteiger partial charge in [-0.1, -0.05) is 46.1 Å². The van der Waals surface area contributed by atoms with E-state index in [1.54, 1.807) is 18.3 Å². The van der Waals surface area contributed by atoms with Crippen LogP contribution in [0.4, 0.5) is 0 Å². The quantitative estimate of drug-likeness (QED) is 0.360. The monoisotopic (exact) mass is 571 g/mol. The lowest BCUT2D eigenvalue weighted by Crippen LogP contribution is -2.54. The summed E-state index contributed by atoms with van der Waals surface area (Å²) in [6.07, 6.45) is 6.19. The topological polar surface area (TPSA) is 113 Å². The average molecular weight is 572 g/mol. The molecule has 9 nitrogen and oxygen atoms in total. The molecule has 2 aromatic rings. The fourth-order valence-corrected chi connectivity index (χ4v) is 6.60. The molecule has 1 aliphatic heterocycles. The van der Waals surface area contributed by atoms with E-state index in [2.05, 4.69) is 46.8 Å². The lowest BCUT2D eigenvalue weighted by atomic mass is 9.83. The molecule has 0 bridgehead atoms. The standard InChI is InChI=1S/C30H45N5O4S/c1-4-27(36)32-24(17-29-34-23-11-10-22(20(2)3)16-26(23)40-29)30(38)31-18-25(21-8-6-5-7-9-21)33-28(37)19-35-12-14-39-15-13-35/h10-11,16,20-21,24-25H,4-9,12-15,17-19H2,1-3H3,(H,31,38)(H,32,36)(H,33,37)/t24-,25+/m0/s1. The summed E-state index contributed by atoms with van der Waals surface area (Å²) >= 11 is 1.57. The minimum Gasteiger partial charge on any atom is -0.379 e. The summed E-state index contributed by atoms with van der Waals surface area (Å²) in [4.78, 5) is 45.6. The van der Waals surface area contributed by atoms with E-state index in [0.717, 1.165) is 54.0 Å². The summed E-state index contributed by atoms with van der Waals surface area (Å²) in [5.41, 5.74) is 2.16. The Morgan fingerprint density at radius 2 is 1.82 bits per heavy atom. The van der Waals surface area contributed by atoms with Crippen LogP contribution in [0.3, 0.4) is 0 Å². The molecular formula is C30H45N5O4S. The number of amides is 3. The van der Waals surface area contributed by atoms with Crippen LogP contribution >= 0.6 is 11.3 Å². The molecule has 220 valence electrons. The van der Waals surface area contributed by atoms with Crippen molar-refractivity contribution in [2.45, 2.75) is 83.7 Å². The Bertz CT molecular complexity index is 1140. The largest absolute Gasteiger partial charge is 0.379 e.